The lowest BCUT2D eigenvalue weighted by Crippen LogP contribution is -2.22. The number of ether oxygens (including phenoxy) is 1. The lowest BCUT2D eigenvalue weighted by molar-refractivity contribution is 0.410. The molecule has 0 aliphatic rings. The van der Waals surface area contributed by atoms with E-state index in [-0.39, 0.29) is 12.5 Å². The number of benzene rings is 2. The Morgan fingerprint density at radius 3 is 2.76 bits per heavy atom. The largest absolute Gasteiger partial charge is 0.760 e. The molecule has 0 saturated carbocycles. The van der Waals surface area contributed by atoms with E-state index >= 15 is 0 Å². The van der Waals surface area contributed by atoms with Crippen LogP contribution in [-0.2, 0) is 24.4 Å². The molecule has 0 amide bonds. The number of aromatic nitrogens is 1. The van der Waals surface area contributed by atoms with Crippen LogP contribution in [0.2, 0.25) is 0 Å². The van der Waals surface area contributed by atoms with E-state index in [9.17, 15) is 8.76 Å². The monoisotopic (exact) mass is 430 g/mol. The summed E-state index contributed by atoms with van der Waals surface area (Å²) < 4.78 is 28.8. The molecule has 0 aliphatic carbocycles. The maximum atomic E-state index is 10.6. The molecule has 29 heavy (non-hydrogen) atoms. The molecule has 4 N–H and O–H groups in total. The molecule has 0 radical (unpaired) electrons. The number of thiazole rings is 1. The van der Waals surface area contributed by atoms with Crippen molar-refractivity contribution in [3.05, 3.63) is 65.0 Å². The van der Waals surface area contributed by atoms with Gasteiger partial charge in [0.1, 0.15) is 5.75 Å². The van der Waals surface area contributed by atoms with Gasteiger partial charge in [-0.05, 0) is 11.6 Å². The quantitative estimate of drug-likeness (QED) is 0.287. The highest BCUT2D eigenvalue weighted by molar-refractivity contribution is 7.77. The van der Waals surface area contributed by atoms with Gasteiger partial charge < -0.3 is 20.3 Å². The fourth-order valence-corrected chi connectivity index (χ4v) is 3.56. The SMILES string of the molecule is COc1ccccc1CN=C(N)Nc1nc(-c2ccc(CNS(=O)[O-])cc2)cs1. The lowest BCUT2D eigenvalue weighted by Gasteiger charge is -2.07. The van der Waals surface area contributed by atoms with Crippen LogP contribution in [0.3, 0.4) is 0 Å². The van der Waals surface area contributed by atoms with E-state index in [1.807, 2.05) is 53.9 Å². The fourth-order valence-electron chi connectivity index (χ4n) is 2.55. The number of para-hydroxylation sites is 1. The molecule has 0 spiro atoms. The minimum absolute atomic E-state index is 0.249. The predicted octanol–water partition coefficient (Wildman–Crippen LogP) is 2.63. The number of nitrogens with one attached hydrogen (secondary N) is 2. The summed E-state index contributed by atoms with van der Waals surface area (Å²) in [5, 5.41) is 5.55. The van der Waals surface area contributed by atoms with Crippen LogP contribution in [-0.4, -0.2) is 26.8 Å². The number of hydrogen-bond donors (Lipinski definition) is 3. The number of guanidine groups is 1. The first kappa shape index (κ1) is 20.9. The molecule has 10 heteroatoms. The van der Waals surface area contributed by atoms with Crippen molar-refractivity contribution in [2.24, 2.45) is 10.7 Å². The molecule has 2 aromatic carbocycles. The van der Waals surface area contributed by atoms with Gasteiger partial charge >= 0.3 is 0 Å². The molecule has 0 saturated heterocycles. The zero-order valence-electron chi connectivity index (χ0n) is 15.6. The van der Waals surface area contributed by atoms with Crippen molar-refractivity contribution in [1.29, 1.82) is 0 Å². The summed E-state index contributed by atoms with van der Waals surface area (Å²) >= 11 is -0.856. The fraction of sp³-hybridized carbons (Fsp3) is 0.158. The molecule has 0 bridgehead atoms. The maximum absolute atomic E-state index is 10.6. The number of nitrogens with zero attached hydrogens (tertiary/aromatic N) is 2. The van der Waals surface area contributed by atoms with Crippen LogP contribution in [0.25, 0.3) is 11.3 Å². The number of rotatable bonds is 8. The van der Waals surface area contributed by atoms with Gasteiger partial charge in [-0.25, -0.2) is 14.7 Å². The van der Waals surface area contributed by atoms with Gasteiger partial charge in [0.15, 0.2) is 11.1 Å². The lowest BCUT2D eigenvalue weighted by atomic mass is 10.1. The van der Waals surface area contributed by atoms with E-state index in [1.165, 1.54) is 11.3 Å². The van der Waals surface area contributed by atoms with Gasteiger partial charge in [0.2, 0.25) is 0 Å². The van der Waals surface area contributed by atoms with E-state index in [0.717, 1.165) is 28.1 Å². The zero-order chi connectivity index (χ0) is 20.6. The van der Waals surface area contributed by atoms with E-state index < -0.39 is 11.3 Å². The van der Waals surface area contributed by atoms with Crippen LogP contribution < -0.4 is 20.5 Å². The molecule has 1 atom stereocenters. The summed E-state index contributed by atoms with van der Waals surface area (Å²) in [4.78, 5) is 8.86. The molecule has 0 fully saturated rings. The Morgan fingerprint density at radius 2 is 2.03 bits per heavy atom. The average molecular weight is 431 g/mol. The third-order valence-electron chi connectivity index (χ3n) is 4.00. The van der Waals surface area contributed by atoms with E-state index in [1.54, 1.807) is 7.11 Å². The number of nitrogens with two attached hydrogens (primary N) is 1. The van der Waals surface area contributed by atoms with Gasteiger partial charge in [-0.15, -0.1) is 11.3 Å². The highest BCUT2D eigenvalue weighted by atomic mass is 32.2. The van der Waals surface area contributed by atoms with Gasteiger partial charge in [-0.3, -0.25) is 4.21 Å². The number of methoxy groups -OCH3 is 1. The molecule has 1 unspecified atom stereocenters. The Kier molecular flexibility index (Phi) is 7.30. The Morgan fingerprint density at radius 1 is 1.28 bits per heavy atom. The van der Waals surface area contributed by atoms with Crippen molar-refractivity contribution < 1.29 is 13.5 Å². The molecule has 152 valence electrons. The summed E-state index contributed by atoms with van der Waals surface area (Å²) in [7, 11) is 1.62. The predicted molar refractivity (Wildman–Crippen MR) is 115 cm³/mol. The van der Waals surface area contributed by atoms with Crippen LogP contribution >= 0.6 is 11.3 Å². The molecule has 8 nitrogen and oxygen atoms in total. The van der Waals surface area contributed by atoms with Crippen molar-refractivity contribution >= 4 is 33.7 Å². The van der Waals surface area contributed by atoms with Gasteiger partial charge in [0.25, 0.3) is 0 Å². The summed E-state index contributed by atoms with van der Waals surface area (Å²) in [6.07, 6.45) is 0. The maximum Gasteiger partial charge on any atom is 0.195 e. The summed E-state index contributed by atoms with van der Waals surface area (Å²) in [6.45, 7) is 0.643. The van der Waals surface area contributed by atoms with Gasteiger partial charge in [0.05, 0.1) is 19.3 Å². The first-order valence-electron chi connectivity index (χ1n) is 8.61. The zero-order valence-corrected chi connectivity index (χ0v) is 17.3. The Balaban J connectivity index is 1.61. The van der Waals surface area contributed by atoms with Crippen molar-refractivity contribution in [2.45, 2.75) is 13.1 Å². The molecular formula is C19H20N5O3S2-. The second-order valence-corrected chi connectivity index (χ2v) is 7.55. The van der Waals surface area contributed by atoms with Crippen LogP contribution in [0.1, 0.15) is 11.1 Å². The summed E-state index contributed by atoms with van der Waals surface area (Å²) in [6, 6.07) is 15.1. The molecule has 3 rings (SSSR count). The van der Waals surface area contributed by atoms with Crippen LogP contribution in [0, 0.1) is 0 Å². The second kappa shape index (κ2) is 10.1. The van der Waals surface area contributed by atoms with Crippen molar-refractivity contribution in [1.82, 2.24) is 9.71 Å². The standard InChI is InChI=1S/C19H21N5O3S2/c1-27-17-5-3-2-4-15(17)11-21-18(20)24-19-23-16(12-28-19)14-8-6-13(7-9-14)10-22-29(25)26/h2-9,12,22H,10-11H2,1H3,(H,25,26)(H3,20,21,23,24)/p-1. The van der Waals surface area contributed by atoms with E-state index in [2.05, 4.69) is 20.0 Å². The Bertz CT molecular complexity index is 1010. The molecule has 1 heterocycles. The first-order chi connectivity index (χ1) is 14.0. The van der Waals surface area contributed by atoms with Crippen molar-refractivity contribution in [2.75, 3.05) is 12.4 Å². The highest BCUT2D eigenvalue weighted by Gasteiger charge is 2.06. The average Bonchev–Trinajstić information content (AvgIpc) is 3.19. The van der Waals surface area contributed by atoms with Crippen LogP contribution in [0.5, 0.6) is 5.75 Å². The topological polar surface area (TPSA) is 125 Å². The number of anilines is 1. The Labute approximate surface area is 175 Å². The third-order valence-corrected chi connectivity index (χ3v) is 5.13. The third kappa shape index (κ3) is 6.09. The molecule has 3 aromatic rings. The first-order valence-corrected chi connectivity index (χ1v) is 10.6. The summed E-state index contributed by atoms with van der Waals surface area (Å²) in [5.74, 6) is 1.03. The molecular weight excluding hydrogens is 410 g/mol. The normalized spacial score (nSPS) is 12.6. The Hall–Kier alpha value is -2.79. The molecule has 1 aromatic heterocycles. The minimum atomic E-state index is -2.28. The highest BCUT2D eigenvalue weighted by Crippen LogP contribution is 2.25. The summed E-state index contributed by atoms with van der Waals surface area (Å²) in [5.41, 5.74) is 9.49. The van der Waals surface area contributed by atoms with Crippen molar-refractivity contribution in [3.63, 3.8) is 0 Å². The van der Waals surface area contributed by atoms with E-state index in [0.29, 0.717) is 11.7 Å². The molecule has 0 aliphatic heterocycles. The van der Waals surface area contributed by atoms with Crippen molar-refractivity contribution in [3.8, 4) is 17.0 Å². The smallest absolute Gasteiger partial charge is 0.195 e. The number of aliphatic imine (C=N–C) groups is 1. The minimum Gasteiger partial charge on any atom is -0.760 e. The van der Waals surface area contributed by atoms with E-state index in [4.69, 9.17) is 10.5 Å². The van der Waals surface area contributed by atoms with Gasteiger partial charge in [-0.1, -0.05) is 42.5 Å². The van der Waals surface area contributed by atoms with Gasteiger partial charge in [-0.2, -0.15) is 0 Å². The van der Waals surface area contributed by atoms with Crippen LogP contribution in [0.15, 0.2) is 58.9 Å². The van der Waals surface area contributed by atoms with Crippen LogP contribution in [0.4, 0.5) is 5.13 Å². The second-order valence-electron chi connectivity index (χ2n) is 5.93. The number of hydrogen-bond acceptors (Lipinski definition) is 6. The van der Waals surface area contributed by atoms with Gasteiger partial charge in [0, 0.05) is 34.3 Å².